The van der Waals surface area contributed by atoms with Crippen LogP contribution in [0.5, 0.6) is 5.75 Å². The third kappa shape index (κ3) is 4.01. The highest BCUT2D eigenvalue weighted by atomic mass is 16.6. The first kappa shape index (κ1) is 20.7. The maximum absolute atomic E-state index is 12.6. The minimum Gasteiger partial charge on any atom is -0.497 e. The van der Waals surface area contributed by atoms with Gasteiger partial charge in [-0.15, -0.1) is 6.58 Å². The van der Waals surface area contributed by atoms with E-state index in [1.54, 1.807) is 13.3 Å². The summed E-state index contributed by atoms with van der Waals surface area (Å²) in [6.45, 7) is 8.67. The van der Waals surface area contributed by atoms with E-state index in [1.165, 1.54) is 6.42 Å². The normalized spacial score (nSPS) is 26.2. The van der Waals surface area contributed by atoms with Crippen molar-refractivity contribution in [3.05, 3.63) is 48.7 Å². The zero-order chi connectivity index (χ0) is 21.1. The summed E-state index contributed by atoms with van der Waals surface area (Å²) < 4.78 is 11.5. The van der Waals surface area contributed by atoms with Gasteiger partial charge in [0.2, 0.25) is 0 Å². The van der Waals surface area contributed by atoms with E-state index in [4.69, 9.17) is 9.47 Å². The number of rotatable bonds is 7. The van der Waals surface area contributed by atoms with E-state index in [9.17, 15) is 4.79 Å². The van der Waals surface area contributed by atoms with Gasteiger partial charge in [0.25, 0.3) is 0 Å². The molecule has 1 aromatic heterocycles. The number of hydrogen-bond donors (Lipinski definition) is 1. The van der Waals surface area contributed by atoms with Crippen LogP contribution in [0.4, 0.5) is 4.79 Å². The Morgan fingerprint density at radius 1 is 1.43 bits per heavy atom. The largest absolute Gasteiger partial charge is 0.497 e. The van der Waals surface area contributed by atoms with Crippen LogP contribution in [0.1, 0.15) is 37.9 Å². The second-order valence-electron chi connectivity index (χ2n) is 8.28. The zero-order valence-electron chi connectivity index (χ0n) is 17.8. The monoisotopic (exact) mass is 409 g/mol. The van der Waals surface area contributed by atoms with E-state index in [0.717, 1.165) is 48.1 Å². The second kappa shape index (κ2) is 9.04. The summed E-state index contributed by atoms with van der Waals surface area (Å²) in [6, 6.07) is 7.97. The number of aromatic nitrogens is 1. The lowest BCUT2D eigenvalue weighted by Crippen LogP contribution is -2.55. The van der Waals surface area contributed by atoms with Gasteiger partial charge in [-0.05, 0) is 61.9 Å². The molecule has 5 atom stereocenters. The fraction of sp³-hybridized carbons (Fsp3) is 0.500. The van der Waals surface area contributed by atoms with Crippen LogP contribution in [0.2, 0.25) is 0 Å². The van der Waals surface area contributed by atoms with Gasteiger partial charge in [0.1, 0.15) is 11.9 Å². The molecule has 3 aliphatic heterocycles. The lowest BCUT2D eigenvalue weighted by molar-refractivity contribution is -0.0497. The molecule has 4 heterocycles. The predicted molar refractivity (Wildman–Crippen MR) is 118 cm³/mol. The Balaban J connectivity index is 1.72. The number of nitrogens with zero attached hydrogens (tertiary/aromatic N) is 2. The third-order valence-corrected chi connectivity index (χ3v) is 6.55. The molecule has 0 radical (unpaired) electrons. The number of carbonyl (C=O) groups is 1. The van der Waals surface area contributed by atoms with Gasteiger partial charge in [-0.3, -0.25) is 9.88 Å². The minimum absolute atomic E-state index is 0.143. The van der Waals surface area contributed by atoms with Gasteiger partial charge in [-0.2, -0.15) is 0 Å². The lowest BCUT2D eigenvalue weighted by Gasteiger charge is -2.51. The summed E-state index contributed by atoms with van der Waals surface area (Å²) in [5.41, 5.74) is 1.86. The van der Waals surface area contributed by atoms with Crippen LogP contribution in [0, 0.1) is 11.8 Å². The minimum atomic E-state index is -0.368. The van der Waals surface area contributed by atoms with Crippen LogP contribution in [0.15, 0.2) is 43.1 Å². The predicted octanol–water partition coefficient (Wildman–Crippen LogP) is 4.32. The van der Waals surface area contributed by atoms with E-state index in [2.05, 4.69) is 27.9 Å². The Morgan fingerprint density at radius 3 is 3.00 bits per heavy atom. The van der Waals surface area contributed by atoms with E-state index >= 15 is 0 Å². The van der Waals surface area contributed by atoms with Gasteiger partial charge >= 0.3 is 6.09 Å². The standard InChI is InChI=1S/C24H31N3O3/c1-4-10-26-24(28)30-23(22-13-17-9-12-27(22)15-16(17)5-2)19-8-11-25-21-7-6-18(29-3)14-20(19)21/h5-8,11,14,16-17,22-23H,2,4,9-10,12-13,15H2,1,3H3,(H,26,28)/t16-,17?,22-,23+/m0/s1. The van der Waals surface area contributed by atoms with Crippen molar-refractivity contribution in [2.75, 3.05) is 26.7 Å². The van der Waals surface area contributed by atoms with Crippen molar-refractivity contribution in [3.63, 3.8) is 0 Å². The smallest absolute Gasteiger partial charge is 0.407 e. The van der Waals surface area contributed by atoms with E-state index in [0.29, 0.717) is 18.4 Å². The van der Waals surface area contributed by atoms with Crippen molar-refractivity contribution in [3.8, 4) is 5.75 Å². The molecule has 30 heavy (non-hydrogen) atoms. The number of piperidine rings is 3. The van der Waals surface area contributed by atoms with Crippen molar-refractivity contribution < 1.29 is 14.3 Å². The molecule has 160 valence electrons. The molecule has 6 heteroatoms. The molecule has 3 aliphatic rings. The first-order valence-corrected chi connectivity index (χ1v) is 10.9. The average Bonchev–Trinajstić information content (AvgIpc) is 2.80. The molecule has 2 bridgehead atoms. The van der Waals surface area contributed by atoms with Crippen LogP contribution < -0.4 is 10.1 Å². The van der Waals surface area contributed by atoms with E-state index in [1.807, 2.05) is 31.2 Å². The Labute approximate surface area is 178 Å². The first-order chi connectivity index (χ1) is 14.6. The highest BCUT2D eigenvalue weighted by Gasteiger charge is 2.44. The molecule has 2 unspecified atom stereocenters. The van der Waals surface area contributed by atoms with Gasteiger partial charge in [0.15, 0.2) is 0 Å². The zero-order valence-corrected chi connectivity index (χ0v) is 17.8. The topological polar surface area (TPSA) is 63.7 Å². The van der Waals surface area contributed by atoms with Gasteiger partial charge < -0.3 is 14.8 Å². The maximum atomic E-state index is 12.6. The molecule has 2 aromatic rings. The first-order valence-electron chi connectivity index (χ1n) is 10.9. The number of methoxy groups -OCH3 is 1. The average molecular weight is 410 g/mol. The number of carbonyl (C=O) groups excluding carboxylic acids is 1. The molecular weight excluding hydrogens is 378 g/mol. The molecule has 5 rings (SSSR count). The molecular formula is C24H31N3O3. The fourth-order valence-corrected chi connectivity index (χ4v) is 4.95. The molecule has 1 N–H and O–H groups in total. The van der Waals surface area contributed by atoms with Crippen molar-refractivity contribution >= 4 is 17.0 Å². The summed E-state index contributed by atoms with van der Waals surface area (Å²) >= 11 is 0. The van der Waals surface area contributed by atoms with Crippen LogP contribution in [0.3, 0.4) is 0 Å². The Hall–Kier alpha value is -2.60. The molecule has 1 aromatic carbocycles. The fourth-order valence-electron chi connectivity index (χ4n) is 4.95. The summed E-state index contributed by atoms with van der Waals surface area (Å²) in [7, 11) is 1.66. The number of alkyl carbamates (subject to hydrolysis) is 1. The summed E-state index contributed by atoms with van der Waals surface area (Å²) in [4.78, 5) is 19.6. The maximum Gasteiger partial charge on any atom is 0.407 e. The quantitative estimate of drug-likeness (QED) is 0.690. The SMILES string of the molecule is C=C[C@H]1CN2CCC1C[C@H]2[C@H](OC(=O)NCCC)c1ccnc2ccc(OC)cc12. The molecule has 1 amide bonds. The molecule has 0 spiro atoms. The van der Waals surface area contributed by atoms with Crippen LogP contribution in [0.25, 0.3) is 10.9 Å². The summed E-state index contributed by atoms with van der Waals surface area (Å²) in [5, 5.41) is 3.84. The number of fused-ring (bicyclic) bond motifs is 4. The Bertz CT molecular complexity index is 916. The number of benzene rings is 1. The molecule has 6 nitrogen and oxygen atoms in total. The van der Waals surface area contributed by atoms with Crippen molar-refractivity contribution in [1.82, 2.24) is 15.2 Å². The lowest BCUT2D eigenvalue weighted by atomic mass is 9.73. The van der Waals surface area contributed by atoms with Gasteiger partial charge in [-0.25, -0.2) is 4.79 Å². The van der Waals surface area contributed by atoms with Crippen molar-refractivity contribution in [2.45, 2.75) is 38.3 Å². The molecule has 0 aliphatic carbocycles. The number of ether oxygens (including phenoxy) is 2. The Kier molecular flexibility index (Phi) is 6.23. The summed E-state index contributed by atoms with van der Waals surface area (Å²) in [6.07, 6.45) is 6.19. The number of hydrogen-bond acceptors (Lipinski definition) is 5. The number of nitrogens with one attached hydrogen (secondary N) is 1. The van der Waals surface area contributed by atoms with Gasteiger partial charge in [0, 0.05) is 30.2 Å². The highest BCUT2D eigenvalue weighted by molar-refractivity contribution is 5.84. The van der Waals surface area contributed by atoms with E-state index in [-0.39, 0.29) is 18.2 Å². The third-order valence-electron chi connectivity index (χ3n) is 6.55. The van der Waals surface area contributed by atoms with Gasteiger partial charge in [0.05, 0.1) is 18.7 Å². The van der Waals surface area contributed by atoms with Crippen LogP contribution in [-0.2, 0) is 4.74 Å². The van der Waals surface area contributed by atoms with Crippen molar-refractivity contribution in [1.29, 1.82) is 0 Å². The van der Waals surface area contributed by atoms with E-state index < -0.39 is 0 Å². The molecule has 3 fully saturated rings. The van der Waals surface area contributed by atoms with Crippen molar-refractivity contribution in [2.24, 2.45) is 11.8 Å². The second-order valence-corrected chi connectivity index (χ2v) is 8.28. The number of pyridine rings is 1. The van der Waals surface area contributed by atoms with Crippen LogP contribution in [-0.4, -0.2) is 48.8 Å². The summed E-state index contributed by atoms with van der Waals surface area (Å²) in [5.74, 6) is 1.87. The Morgan fingerprint density at radius 2 is 2.30 bits per heavy atom. The van der Waals surface area contributed by atoms with Crippen LogP contribution >= 0.6 is 0 Å². The molecule has 0 saturated carbocycles. The highest BCUT2D eigenvalue weighted by Crippen LogP contribution is 2.43. The number of amides is 1. The molecule has 3 saturated heterocycles. The van der Waals surface area contributed by atoms with Gasteiger partial charge in [-0.1, -0.05) is 13.0 Å².